The lowest BCUT2D eigenvalue weighted by Crippen LogP contribution is -2.28. The first-order valence-electron chi connectivity index (χ1n) is 10.9. The van der Waals surface area contributed by atoms with Crippen molar-refractivity contribution in [3.05, 3.63) is 73.9 Å². The maximum atomic E-state index is 14.1. The van der Waals surface area contributed by atoms with E-state index in [0.717, 1.165) is 24.8 Å². The van der Waals surface area contributed by atoms with Gasteiger partial charge in [-0.2, -0.15) is 4.98 Å². The summed E-state index contributed by atoms with van der Waals surface area (Å²) in [4.78, 5) is 30.5. The van der Waals surface area contributed by atoms with Gasteiger partial charge < -0.3 is 4.57 Å². The van der Waals surface area contributed by atoms with Crippen LogP contribution in [0.25, 0.3) is 21.9 Å². The molecule has 166 valence electrons. The largest absolute Gasteiger partial charge is 0.329 e. The average molecular weight is 455 g/mol. The lowest BCUT2D eigenvalue weighted by Gasteiger charge is -2.17. The molecule has 2 heterocycles. The molecule has 1 saturated carbocycles. The molecule has 0 saturated heterocycles. The maximum absolute atomic E-state index is 14.1. The Morgan fingerprint density at radius 2 is 1.81 bits per heavy atom. The molecule has 1 fully saturated rings. The van der Waals surface area contributed by atoms with E-state index < -0.39 is 5.82 Å². The van der Waals surface area contributed by atoms with Crippen LogP contribution in [-0.2, 0) is 13.1 Å². The Kier molecular flexibility index (Phi) is 5.16. The van der Waals surface area contributed by atoms with Crippen molar-refractivity contribution in [3.8, 4) is 0 Å². The first-order chi connectivity index (χ1) is 15.3. The summed E-state index contributed by atoms with van der Waals surface area (Å²) in [6.45, 7) is 4.99. The molecule has 0 atom stereocenters. The highest BCUT2D eigenvalue weighted by Crippen LogP contribution is 2.36. The number of hydrogen-bond donors (Lipinski definition) is 0. The SMILES string of the molecule is CC(C)CCn1c(Cn2c(=O)n(C3CC3)c3ccc(F)cc32)nc(=O)c2cc(Cl)ccc21. The van der Waals surface area contributed by atoms with Crippen LogP contribution in [0.1, 0.15) is 45.0 Å². The highest BCUT2D eigenvalue weighted by molar-refractivity contribution is 6.31. The third kappa shape index (κ3) is 3.64. The average Bonchev–Trinajstić information content (AvgIpc) is 3.54. The van der Waals surface area contributed by atoms with Crippen molar-refractivity contribution in [1.29, 1.82) is 0 Å². The zero-order valence-electron chi connectivity index (χ0n) is 18.0. The molecule has 0 spiro atoms. The summed E-state index contributed by atoms with van der Waals surface area (Å²) in [6.07, 6.45) is 2.75. The molecular formula is C24H24ClFN4O2. The summed E-state index contributed by atoms with van der Waals surface area (Å²) in [5, 5.41) is 0.919. The van der Waals surface area contributed by atoms with Crippen molar-refractivity contribution in [1.82, 2.24) is 18.7 Å². The standard InChI is InChI=1S/C24H24ClFN4O2/c1-14(2)9-10-28-19-7-3-15(25)11-18(19)23(31)27-22(28)13-29-21-12-16(26)4-8-20(21)30(24(29)32)17-5-6-17/h3-4,7-8,11-12,14,17H,5-6,9-10,13H2,1-2H3. The van der Waals surface area contributed by atoms with Gasteiger partial charge in [0.1, 0.15) is 11.6 Å². The quantitative estimate of drug-likeness (QED) is 0.423. The van der Waals surface area contributed by atoms with Gasteiger partial charge in [-0.15, -0.1) is 0 Å². The number of benzene rings is 2. The van der Waals surface area contributed by atoms with Gasteiger partial charge in [0, 0.05) is 17.6 Å². The summed E-state index contributed by atoms with van der Waals surface area (Å²) in [5.74, 6) is 0.516. The van der Waals surface area contributed by atoms with Gasteiger partial charge in [0.2, 0.25) is 0 Å². The van der Waals surface area contributed by atoms with Crippen LogP contribution in [0.4, 0.5) is 4.39 Å². The Balaban J connectivity index is 1.71. The van der Waals surface area contributed by atoms with Crippen LogP contribution < -0.4 is 11.2 Å². The predicted octanol–water partition coefficient (Wildman–Crippen LogP) is 4.73. The molecule has 6 nitrogen and oxygen atoms in total. The highest BCUT2D eigenvalue weighted by Gasteiger charge is 2.29. The van der Waals surface area contributed by atoms with Gasteiger partial charge in [-0.1, -0.05) is 25.4 Å². The Morgan fingerprint density at radius 1 is 1.06 bits per heavy atom. The van der Waals surface area contributed by atoms with E-state index in [9.17, 15) is 14.0 Å². The van der Waals surface area contributed by atoms with Gasteiger partial charge in [-0.3, -0.25) is 13.9 Å². The van der Waals surface area contributed by atoms with Crippen molar-refractivity contribution in [3.63, 3.8) is 0 Å². The minimum absolute atomic E-state index is 0.0877. The van der Waals surface area contributed by atoms with Crippen LogP contribution in [0.2, 0.25) is 5.02 Å². The molecule has 32 heavy (non-hydrogen) atoms. The van der Waals surface area contributed by atoms with E-state index in [1.807, 2.05) is 10.6 Å². The number of rotatable bonds is 6. The molecule has 0 radical (unpaired) electrons. The smallest absolute Gasteiger partial charge is 0.327 e. The van der Waals surface area contributed by atoms with Crippen LogP contribution in [0, 0.1) is 11.7 Å². The van der Waals surface area contributed by atoms with E-state index in [1.165, 1.54) is 16.7 Å². The van der Waals surface area contributed by atoms with E-state index in [2.05, 4.69) is 18.8 Å². The normalized spacial score (nSPS) is 14.2. The molecule has 0 bridgehead atoms. The highest BCUT2D eigenvalue weighted by atomic mass is 35.5. The number of aromatic nitrogens is 4. The molecule has 8 heteroatoms. The number of hydrogen-bond acceptors (Lipinski definition) is 3. The molecule has 2 aromatic carbocycles. The summed E-state index contributed by atoms with van der Waals surface area (Å²) in [5.41, 5.74) is 1.37. The number of imidazole rings is 1. The van der Waals surface area contributed by atoms with E-state index in [0.29, 0.717) is 39.7 Å². The second-order valence-corrected chi connectivity index (χ2v) is 9.37. The summed E-state index contributed by atoms with van der Waals surface area (Å²) < 4.78 is 19.4. The molecule has 1 aliphatic rings. The first kappa shape index (κ1) is 20.9. The second kappa shape index (κ2) is 7.89. The number of nitrogens with zero attached hydrogens (tertiary/aromatic N) is 4. The Bertz CT molecular complexity index is 1460. The number of aryl methyl sites for hydroxylation is 1. The van der Waals surface area contributed by atoms with Gasteiger partial charge in [0.25, 0.3) is 5.56 Å². The minimum Gasteiger partial charge on any atom is -0.327 e. The maximum Gasteiger partial charge on any atom is 0.329 e. The van der Waals surface area contributed by atoms with Crippen LogP contribution >= 0.6 is 11.6 Å². The topological polar surface area (TPSA) is 61.8 Å². The fourth-order valence-electron chi connectivity index (χ4n) is 4.28. The third-order valence-corrected chi connectivity index (χ3v) is 6.32. The third-order valence-electron chi connectivity index (χ3n) is 6.09. The predicted molar refractivity (Wildman–Crippen MR) is 124 cm³/mol. The van der Waals surface area contributed by atoms with E-state index in [-0.39, 0.29) is 23.8 Å². The van der Waals surface area contributed by atoms with E-state index in [4.69, 9.17) is 11.6 Å². The van der Waals surface area contributed by atoms with Crippen molar-refractivity contribution >= 4 is 33.5 Å². The molecule has 1 aliphatic carbocycles. The van der Waals surface area contributed by atoms with Crippen LogP contribution in [0.3, 0.4) is 0 Å². The molecule has 5 rings (SSSR count). The minimum atomic E-state index is -0.405. The van der Waals surface area contributed by atoms with E-state index in [1.54, 1.807) is 22.8 Å². The molecule has 0 aliphatic heterocycles. The van der Waals surface area contributed by atoms with Crippen molar-refractivity contribution in [2.24, 2.45) is 5.92 Å². The zero-order chi connectivity index (χ0) is 22.6. The van der Waals surface area contributed by atoms with Gasteiger partial charge in [-0.05, 0) is 61.6 Å². The molecular weight excluding hydrogens is 431 g/mol. The second-order valence-electron chi connectivity index (χ2n) is 8.93. The number of fused-ring (bicyclic) bond motifs is 2. The Hall–Kier alpha value is -2.93. The first-order valence-corrected chi connectivity index (χ1v) is 11.3. The molecule has 2 aromatic heterocycles. The molecule has 0 amide bonds. The zero-order valence-corrected chi connectivity index (χ0v) is 18.8. The summed E-state index contributed by atoms with van der Waals surface area (Å²) in [7, 11) is 0. The van der Waals surface area contributed by atoms with Crippen molar-refractivity contribution in [2.45, 2.75) is 52.2 Å². The lowest BCUT2D eigenvalue weighted by atomic mass is 10.1. The van der Waals surface area contributed by atoms with E-state index >= 15 is 0 Å². The van der Waals surface area contributed by atoms with Gasteiger partial charge in [0.05, 0.1) is 28.5 Å². The van der Waals surface area contributed by atoms with Crippen molar-refractivity contribution in [2.75, 3.05) is 0 Å². The van der Waals surface area contributed by atoms with Gasteiger partial charge >= 0.3 is 5.69 Å². The number of halogens is 2. The van der Waals surface area contributed by atoms with Crippen LogP contribution in [-0.4, -0.2) is 18.7 Å². The molecule has 0 N–H and O–H groups in total. The lowest BCUT2D eigenvalue weighted by molar-refractivity contribution is 0.500. The van der Waals surface area contributed by atoms with Crippen LogP contribution in [0.5, 0.6) is 0 Å². The summed E-state index contributed by atoms with van der Waals surface area (Å²) >= 11 is 6.12. The Labute approximate surface area is 188 Å². The fourth-order valence-corrected chi connectivity index (χ4v) is 4.45. The van der Waals surface area contributed by atoms with Gasteiger partial charge in [-0.25, -0.2) is 9.18 Å². The van der Waals surface area contributed by atoms with Crippen LogP contribution in [0.15, 0.2) is 46.0 Å². The molecule has 0 unspecified atom stereocenters. The monoisotopic (exact) mass is 454 g/mol. The molecule has 4 aromatic rings. The fraction of sp³-hybridized carbons (Fsp3) is 0.375. The van der Waals surface area contributed by atoms with Gasteiger partial charge in [0.15, 0.2) is 0 Å². The Morgan fingerprint density at radius 3 is 2.53 bits per heavy atom. The summed E-state index contributed by atoms with van der Waals surface area (Å²) in [6, 6.07) is 9.76. The van der Waals surface area contributed by atoms with Crippen molar-refractivity contribution < 1.29 is 4.39 Å².